The summed E-state index contributed by atoms with van der Waals surface area (Å²) in [4.78, 5) is 13.2. The molecule has 1 aliphatic carbocycles. The average Bonchev–Trinajstić information content (AvgIpc) is 3.51. The van der Waals surface area contributed by atoms with Crippen LogP contribution in [0.2, 0.25) is 0 Å². The van der Waals surface area contributed by atoms with Crippen LogP contribution < -0.4 is 5.32 Å². The first kappa shape index (κ1) is 33.7. The minimum atomic E-state index is -4.69. The summed E-state index contributed by atoms with van der Waals surface area (Å²) >= 11 is 0. The van der Waals surface area contributed by atoms with Gasteiger partial charge in [0.2, 0.25) is 5.91 Å². The Balaban J connectivity index is 1.65. The number of carbonyl (C=O) groups is 1. The van der Waals surface area contributed by atoms with Gasteiger partial charge in [-0.05, 0) is 74.5 Å². The molecule has 11 heteroatoms. The van der Waals surface area contributed by atoms with Gasteiger partial charge in [-0.1, -0.05) is 45.3 Å². The molecule has 1 amide bonds. The number of anilines is 1. The van der Waals surface area contributed by atoms with Crippen LogP contribution in [-0.4, -0.2) is 34.1 Å². The Labute approximate surface area is 256 Å². The van der Waals surface area contributed by atoms with Crippen LogP contribution in [0.1, 0.15) is 113 Å². The van der Waals surface area contributed by atoms with E-state index in [4.69, 9.17) is 9.26 Å². The lowest BCUT2D eigenvalue weighted by molar-refractivity contribution is -0.141. The van der Waals surface area contributed by atoms with Crippen LogP contribution in [0.5, 0.6) is 0 Å². The van der Waals surface area contributed by atoms with Crippen molar-refractivity contribution in [3.63, 3.8) is 0 Å². The molecule has 0 radical (unpaired) electrons. The zero-order valence-corrected chi connectivity index (χ0v) is 26.3. The second-order valence-electron chi connectivity index (χ2n) is 13.1. The number of aromatic nitrogens is 3. The van der Waals surface area contributed by atoms with E-state index in [1.54, 1.807) is 13.0 Å². The van der Waals surface area contributed by atoms with Crippen LogP contribution >= 0.6 is 0 Å². The van der Waals surface area contributed by atoms with Crippen molar-refractivity contribution in [2.24, 2.45) is 5.41 Å². The Morgan fingerprint density at radius 1 is 1.18 bits per heavy atom. The van der Waals surface area contributed by atoms with E-state index in [-0.39, 0.29) is 34.8 Å². The number of aryl methyl sites for hydroxylation is 2. The van der Waals surface area contributed by atoms with Crippen LogP contribution in [0.3, 0.4) is 0 Å². The normalized spacial score (nSPS) is 14.7. The predicted octanol–water partition coefficient (Wildman–Crippen LogP) is 9.03. The van der Waals surface area contributed by atoms with Crippen LogP contribution in [0.15, 0.2) is 28.9 Å². The quantitative estimate of drug-likeness (QED) is 0.135. The van der Waals surface area contributed by atoms with Gasteiger partial charge in [-0.3, -0.25) is 9.48 Å². The van der Waals surface area contributed by atoms with Gasteiger partial charge in [-0.25, -0.2) is 4.39 Å². The summed E-state index contributed by atoms with van der Waals surface area (Å²) in [5.41, 5.74) is 0.653. The zero-order chi connectivity index (χ0) is 32.1. The van der Waals surface area contributed by atoms with Crippen LogP contribution in [-0.2, 0) is 22.3 Å². The standard InChI is InChI=1S/C33H44F4N4O3/c1-6-7-16-43-17-8-9-23(19-27(42)38-26-13-10-21(2)18-25(26)34)29-28(22-11-12-22)30(44-40-29)24-20-41(15-14-32(3,4)5)39-31(24)33(35,36)37/h10,13,18,20,22-23H,6-9,11-12,14-17,19H2,1-5H3,(H,38,42)/t23-/m0/s1. The van der Waals surface area contributed by atoms with Crippen LogP contribution in [0.25, 0.3) is 11.3 Å². The molecule has 0 bridgehead atoms. The van der Waals surface area contributed by atoms with Gasteiger partial charge in [0.1, 0.15) is 5.82 Å². The maximum Gasteiger partial charge on any atom is 0.435 e. The van der Waals surface area contributed by atoms with Gasteiger partial charge in [-0.2, -0.15) is 18.3 Å². The predicted molar refractivity (Wildman–Crippen MR) is 161 cm³/mol. The van der Waals surface area contributed by atoms with E-state index in [2.05, 4.69) is 22.5 Å². The smallest absolute Gasteiger partial charge is 0.381 e. The number of amides is 1. The largest absolute Gasteiger partial charge is 0.435 e. The molecule has 242 valence electrons. The Kier molecular flexibility index (Phi) is 10.9. The van der Waals surface area contributed by atoms with E-state index >= 15 is 0 Å². The Hall–Kier alpha value is -3.21. The minimum Gasteiger partial charge on any atom is -0.381 e. The highest BCUT2D eigenvalue weighted by Crippen LogP contribution is 2.50. The van der Waals surface area contributed by atoms with Crippen molar-refractivity contribution >= 4 is 11.6 Å². The van der Waals surface area contributed by atoms with Gasteiger partial charge in [0.05, 0.1) is 16.9 Å². The molecular weight excluding hydrogens is 576 g/mol. The minimum absolute atomic E-state index is 0.0221. The Bertz CT molecular complexity index is 1400. The fourth-order valence-electron chi connectivity index (χ4n) is 5.19. The molecule has 3 aromatic rings. The highest BCUT2D eigenvalue weighted by atomic mass is 19.4. The van der Waals surface area contributed by atoms with E-state index in [0.717, 1.165) is 31.2 Å². The molecular formula is C33H44F4N4O3. The third kappa shape index (κ3) is 9.15. The summed E-state index contributed by atoms with van der Waals surface area (Å²) in [6, 6.07) is 4.56. The van der Waals surface area contributed by atoms with Crippen molar-refractivity contribution in [3.8, 4) is 11.3 Å². The number of alkyl halides is 3. The van der Waals surface area contributed by atoms with Gasteiger partial charge >= 0.3 is 6.18 Å². The number of nitrogens with zero attached hydrogens (tertiary/aromatic N) is 3. The number of rotatable bonds is 15. The second kappa shape index (κ2) is 14.3. The molecule has 1 aliphatic rings. The SMILES string of the molecule is CCCCOCCC[C@@H](CC(=O)Nc1ccc(C)cc1F)c1noc(-c2cn(CCC(C)(C)C)nc2C(F)(F)F)c1C1CC1. The lowest BCUT2D eigenvalue weighted by atomic mass is 9.89. The fraction of sp³-hybridized carbons (Fsp3) is 0.606. The maximum atomic E-state index is 14.5. The molecule has 7 nitrogen and oxygen atoms in total. The molecule has 0 spiro atoms. The third-order valence-electron chi connectivity index (χ3n) is 7.81. The highest BCUT2D eigenvalue weighted by molar-refractivity contribution is 5.91. The number of unbranched alkanes of at least 4 members (excludes halogenated alkanes) is 1. The number of halogens is 4. The van der Waals surface area contributed by atoms with Crippen molar-refractivity contribution in [3.05, 3.63) is 52.7 Å². The van der Waals surface area contributed by atoms with Gasteiger partial charge < -0.3 is 14.6 Å². The summed E-state index contributed by atoms with van der Waals surface area (Å²) in [6.45, 7) is 11.3. The molecule has 1 N–H and O–H groups in total. The van der Waals surface area contributed by atoms with Crippen molar-refractivity contribution in [1.29, 1.82) is 0 Å². The molecule has 0 saturated heterocycles. The topological polar surface area (TPSA) is 82.2 Å². The summed E-state index contributed by atoms with van der Waals surface area (Å²) in [7, 11) is 0. The molecule has 1 fully saturated rings. The summed E-state index contributed by atoms with van der Waals surface area (Å²) < 4.78 is 70.0. The average molecular weight is 621 g/mol. The first-order valence-corrected chi connectivity index (χ1v) is 15.5. The van der Waals surface area contributed by atoms with Crippen molar-refractivity contribution in [2.75, 3.05) is 18.5 Å². The lowest BCUT2D eigenvalue weighted by Gasteiger charge is -2.17. The molecule has 44 heavy (non-hydrogen) atoms. The molecule has 4 rings (SSSR count). The van der Waals surface area contributed by atoms with E-state index in [9.17, 15) is 22.4 Å². The third-order valence-corrected chi connectivity index (χ3v) is 7.81. The number of ether oxygens (including phenoxy) is 1. The molecule has 2 heterocycles. The number of nitrogens with one attached hydrogen (secondary N) is 1. The van der Waals surface area contributed by atoms with E-state index in [0.29, 0.717) is 50.3 Å². The maximum absolute atomic E-state index is 14.5. The number of carbonyl (C=O) groups excluding carboxylic acids is 1. The lowest BCUT2D eigenvalue weighted by Crippen LogP contribution is -2.18. The molecule has 0 unspecified atom stereocenters. The number of hydrogen-bond acceptors (Lipinski definition) is 5. The summed E-state index contributed by atoms with van der Waals surface area (Å²) in [5.74, 6) is -1.37. The monoisotopic (exact) mass is 620 g/mol. The Morgan fingerprint density at radius 2 is 1.91 bits per heavy atom. The summed E-state index contributed by atoms with van der Waals surface area (Å²) in [6.07, 6.45) is 1.95. The molecule has 2 aromatic heterocycles. The summed E-state index contributed by atoms with van der Waals surface area (Å²) in [5, 5.41) is 10.9. The van der Waals surface area contributed by atoms with Gasteiger partial charge in [0.15, 0.2) is 11.5 Å². The first-order chi connectivity index (χ1) is 20.8. The van der Waals surface area contributed by atoms with Gasteiger partial charge in [-0.15, -0.1) is 0 Å². The zero-order valence-electron chi connectivity index (χ0n) is 26.3. The molecule has 0 aliphatic heterocycles. The van der Waals surface area contributed by atoms with E-state index in [1.165, 1.54) is 23.0 Å². The van der Waals surface area contributed by atoms with E-state index in [1.807, 2.05) is 20.8 Å². The number of hydrogen-bond donors (Lipinski definition) is 1. The van der Waals surface area contributed by atoms with Gasteiger partial charge in [0, 0.05) is 43.9 Å². The van der Waals surface area contributed by atoms with E-state index < -0.39 is 29.5 Å². The highest BCUT2D eigenvalue weighted by Gasteiger charge is 2.42. The molecule has 1 atom stereocenters. The van der Waals surface area contributed by atoms with Crippen LogP contribution in [0, 0.1) is 18.2 Å². The number of benzene rings is 1. The fourth-order valence-corrected chi connectivity index (χ4v) is 5.19. The van der Waals surface area contributed by atoms with Crippen molar-refractivity contribution < 1.29 is 31.6 Å². The first-order valence-electron chi connectivity index (χ1n) is 15.5. The molecule has 1 saturated carbocycles. The molecule has 1 aromatic carbocycles. The van der Waals surface area contributed by atoms with Crippen molar-refractivity contribution in [1.82, 2.24) is 14.9 Å². The van der Waals surface area contributed by atoms with Crippen LogP contribution in [0.4, 0.5) is 23.2 Å². The second-order valence-corrected chi connectivity index (χ2v) is 13.1. The van der Waals surface area contributed by atoms with Gasteiger partial charge in [0.25, 0.3) is 0 Å². The van der Waals surface area contributed by atoms with Crippen molar-refractivity contribution in [2.45, 2.75) is 111 Å². The Morgan fingerprint density at radius 3 is 2.55 bits per heavy atom.